The molecule has 1 unspecified atom stereocenters. The van der Waals surface area contributed by atoms with Gasteiger partial charge in [-0.15, -0.1) is 11.6 Å². The number of ether oxygens (including phenoxy) is 1. The fourth-order valence-electron chi connectivity index (χ4n) is 5.22. The van der Waals surface area contributed by atoms with Crippen LogP contribution in [0, 0.1) is 23.2 Å². The number of carbonyl (C=O) groups excluding carboxylic acids is 1. The number of hydrogen-bond acceptors (Lipinski definition) is 4. The van der Waals surface area contributed by atoms with E-state index in [1.54, 1.807) is 7.11 Å². The first-order valence-corrected chi connectivity index (χ1v) is 11.5. The van der Waals surface area contributed by atoms with Crippen molar-refractivity contribution < 1.29 is 9.53 Å². The topological polar surface area (TPSA) is 53.6 Å². The molecule has 0 aromatic heterocycles. The van der Waals surface area contributed by atoms with Gasteiger partial charge < -0.3 is 15.0 Å². The van der Waals surface area contributed by atoms with Crippen LogP contribution in [0.4, 0.5) is 0 Å². The van der Waals surface area contributed by atoms with Gasteiger partial charge in [0.05, 0.1) is 13.3 Å². The summed E-state index contributed by atoms with van der Waals surface area (Å²) < 4.78 is 4.95. The normalized spacial score (nSPS) is 29.6. The van der Waals surface area contributed by atoms with E-state index in [0.29, 0.717) is 30.0 Å². The van der Waals surface area contributed by atoms with E-state index in [4.69, 9.17) is 16.3 Å². The molecule has 2 fully saturated rings. The van der Waals surface area contributed by atoms with Crippen LogP contribution in [0.25, 0.3) is 0 Å². The number of halogens is 1. The molecule has 2 rings (SSSR count). The van der Waals surface area contributed by atoms with E-state index in [9.17, 15) is 4.79 Å². The Morgan fingerprint density at radius 2 is 1.89 bits per heavy atom. The van der Waals surface area contributed by atoms with Crippen molar-refractivity contribution in [2.45, 2.75) is 71.2 Å². The maximum absolute atomic E-state index is 12.2. The largest absolute Gasteiger partial charge is 0.370 e. The van der Waals surface area contributed by atoms with Gasteiger partial charge in [0.25, 0.3) is 0 Å². The van der Waals surface area contributed by atoms with Gasteiger partial charge in [-0.1, -0.05) is 27.7 Å². The van der Waals surface area contributed by atoms with Crippen LogP contribution in [0.5, 0.6) is 0 Å². The third kappa shape index (κ3) is 7.16. The van der Waals surface area contributed by atoms with Crippen LogP contribution in [0.15, 0.2) is 0 Å². The highest BCUT2D eigenvalue weighted by Gasteiger charge is 2.41. The average Bonchev–Trinajstić information content (AvgIpc) is 2.62. The first-order chi connectivity index (χ1) is 13.2. The molecule has 0 bridgehead atoms. The molecule has 1 saturated heterocycles. The molecule has 1 amide bonds. The van der Waals surface area contributed by atoms with Crippen molar-refractivity contribution in [1.82, 2.24) is 15.5 Å². The first kappa shape index (κ1) is 23.9. The second-order valence-corrected chi connectivity index (χ2v) is 10.5. The summed E-state index contributed by atoms with van der Waals surface area (Å²) in [6, 6.07) is 0.177. The second-order valence-electron chi connectivity index (χ2n) is 9.91. The van der Waals surface area contributed by atoms with Crippen LogP contribution in [-0.2, 0) is 9.53 Å². The molecule has 5 nitrogen and oxygen atoms in total. The molecular formula is C22H42ClN3O2. The van der Waals surface area contributed by atoms with Crippen LogP contribution in [0.3, 0.4) is 0 Å². The van der Waals surface area contributed by atoms with E-state index in [0.717, 1.165) is 31.5 Å². The molecule has 2 aliphatic rings. The third-order valence-electron chi connectivity index (χ3n) is 6.80. The lowest BCUT2D eigenvalue weighted by molar-refractivity contribution is -0.121. The highest BCUT2D eigenvalue weighted by Crippen LogP contribution is 2.45. The van der Waals surface area contributed by atoms with E-state index in [-0.39, 0.29) is 11.9 Å². The molecule has 1 heterocycles. The van der Waals surface area contributed by atoms with Gasteiger partial charge in [-0.25, -0.2) is 0 Å². The number of piperidine rings is 1. The van der Waals surface area contributed by atoms with E-state index in [2.05, 4.69) is 43.2 Å². The number of rotatable bonds is 9. The molecule has 6 heteroatoms. The third-order valence-corrected chi connectivity index (χ3v) is 7.24. The molecular weight excluding hydrogens is 374 g/mol. The zero-order valence-corrected chi connectivity index (χ0v) is 19.4. The van der Waals surface area contributed by atoms with Gasteiger partial charge in [0.2, 0.25) is 5.91 Å². The Hall–Kier alpha value is -0.360. The molecule has 0 radical (unpaired) electrons. The lowest BCUT2D eigenvalue weighted by atomic mass is 9.64. The molecule has 0 aromatic rings. The number of nitrogens with zero attached hydrogens (tertiary/aromatic N) is 1. The molecule has 2 N–H and O–H groups in total. The SMILES string of the molecule is COCNCC(=O)N[C@@H](CN1CCC(C2CCC(Cl)CC2)C(C)(C)C1)C(C)C. The Bertz CT molecular complexity index is 478. The standard InChI is InChI=1S/C22H42ClN3O2/c1-16(2)20(25-21(27)12-24-15-28-5)13-26-11-10-19(22(3,4)14-26)17-6-8-18(23)9-7-17/h16-20,24H,6-15H2,1-5H3,(H,25,27)/t17?,18?,19?,20-/m0/s1. The van der Waals surface area contributed by atoms with E-state index in [1.165, 1.54) is 32.1 Å². The number of amides is 1. The summed E-state index contributed by atoms with van der Waals surface area (Å²) in [5.74, 6) is 2.08. The first-order valence-electron chi connectivity index (χ1n) is 11.1. The molecule has 2 atom stereocenters. The minimum Gasteiger partial charge on any atom is -0.370 e. The number of nitrogens with one attached hydrogen (secondary N) is 2. The van der Waals surface area contributed by atoms with Crippen molar-refractivity contribution in [1.29, 1.82) is 0 Å². The highest BCUT2D eigenvalue weighted by atomic mass is 35.5. The maximum atomic E-state index is 12.2. The Morgan fingerprint density at radius 1 is 1.21 bits per heavy atom. The van der Waals surface area contributed by atoms with Crippen molar-refractivity contribution in [3.05, 3.63) is 0 Å². The lowest BCUT2D eigenvalue weighted by Gasteiger charge is -2.49. The molecule has 1 aliphatic heterocycles. The van der Waals surface area contributed by atoms with Crippen molar-refractivity contribution in [3.8, 4) is 0 Å². The number of alkyl halides is 1. The minimum absolute atomic E-state index is 0.0442. The predicted octanol–water partition coefficient (Wildman–Crippen LogP) is 3.47. The fourth-order valence-corrected chi connectivity index (χ4v) is 5.47. The fraction of sp³-hybridized carbons (Fsp3) is 0.955. The Morgan fingerprint density at radius 3 is 2.46 bits per heavy atom. The molecule has 0 spiro atoms. The Labute approximate surface area is 177 Å². The number of hydrogen-bond donors (Lipinski definition) is 2. The summed E-state index contributed by atoms with van der Waals surface area (Å²) in [6.45, 7) is 13.1. The molecule has 0 aromatic carbocycles. The number of carbonyl (C=O) groups is 1. The van der Waals surface area contributed by atoms with Crippen LogP contribution < -0.4 is 10.6 Å². The monoisotopic (exact) mass is 415 g/mol. The summed E-state index contributed by atoms with van der Waals surface area (Å²) in [5.41, 5.74) is 0.313. The van der Waals surface area contributed by atoms with E-state index < -0.39 is 0 Å². The van der Waals surface area contributed by atoms with Crippen molar-refractivity contribution in [2.24, 2.45) is 23.2 Å². The predicted molar refractivity (Wildman–Crippen MR) is 117 cm³/mol. The highest BCUT2D eigenvalue weighted by molar-refractivity contribution is 6.20. The minimum atomic E-state index is 0.0442. The molecule has 1 saturated carbocycles. The van der Waals surface area contributed by atoms with E-state index in [1.807, 2.05) is 0 Å². The van der Waals surface area contributed by atoms with Gasteiger partial charge in [0, 0.05) is 31.6 Å². The molecule has 28 heavy (non-hydrogen) atoms. The molecule has 164 valence electrons. The van der Waals surface area contributed by atoms with Gasteiger partial charge >= 0.3 is 0 Å². The zero-order valence-electron chi connectivity index (χ0n) is 18.6. The summed E-state index contributed by atoms with van der Waals surface area (Å²) in [7, 11) is 1.62. The number of likely N-dealkylation sites (tertiary alicyclic amines) is 1. The van der Waals surface area contributed by atoms with Crippen LogP contribution in [0.2, 0.25) is 0 Å². The summed E-state index contributed by atoms with van der Waals surface area (Å²) in [4.78, 5) is 14.8. The van der Waals surface area contributed by atoms with Crippen molar-refractivity contribution >= 4 is 17.5 Å². The average molecular weight is 416 g/mol. The van der Waals surface area contributed by atoms with Crippen LogP contribution >= 0.6 is 11.6 Å². The summed E-state index contributed by atoms with van der Waals surface area (Å²) in [5, 5.41) is 6.60. The van der Waals surface area contributed by atoms with Crippen molar-refractivity contribution in [2.75, 3.05) is 40.0 Å². The smallest absolute Gasteiger partial charge is 0.234 e. The van der Waals surface area contributed by atoms with Crippen LogP contribution in [0.1, 0.15) is 59.8 Å². The quantitative estimate of drug-likeness (QED) is 0.344. The van der Waals surface area contributed by atoms with Crippen molar-refractivity contribution in [3.63, 3.8) is 0 Å². The second kappa shape index (κ2) is 11.1. The zero-order chi connectivity index (χ0) is 20.7. The summed E-state index contributed by atoms with van der Waals surface area (Å²) in [6.07, 6.45) is 6.21. The Kier molecular flexibility index (Phi) is 9.52. The van der Waals surface area contributed by atoms with Gasteiger partial charge in [0.15, 0.2) is 0 Å². The van der Waals surface area contributed by atoms with E-state index >= 15 is 0 Å². The van der Waals surface area contributed by atoms with Gasteiger partial charge in [-0.05, 0) is 61.8 Å². The lowest BCUT2D eigenvalue weighted by Crippen LogP contribution is -2.54. The molecule has 1 aliphatic carbocycles. The Balaban J connectivity index is 1.87. The van der Waals surface area contributed by atoms with Gasteiger partial charge in [-0.3, -0.25) is 10.1 Å². The maximum Gasteiger partial charge on any atom is 0.234 e. The summed E-state index contributed by atoms with van der Waals surface area (Å²) >= 11 is 6.33. The van der Waals surface area contributed by atoms with Gasteiger partial charge in [-0.2, -0.15) is 0 Å². The van der Waals surface area contributed by atoms with Crippen LogP contribution in [-0.4, -0.2) is 62.2 Å². The number of methoxy groups -OCH3 is 1. The van der Waals surface area contributed by atoms with Gasteiger partial charge in [0.1, 0.15) is 0 Å².